The Bertz CT molecular complexity index is 574. The van der Waals surface area contributed by atoms with E-state index < -0.39 is 0 Å². The number of likely N-dealkylation sites (N-methyl/N-ethyl adjacent to an activating group) is 1. The van der Waals surface area contributed by atoms with Gasteiger partial charge in [0, 0.05) is 45.6 Å². The third kappa shape index (κ3) is 2.27. The fourth-order valence-electron chi connectivity index (χ4n) is 3.75. The van der Waals surface area contributed by atoms with Crippen LogP contribution in [0.1, 0.15) is 23.2 Å². The minimum Gasteiger partial charge on any atom is -0.470 e. The number of hydrogen-bond donors (Lipinski definition) is 0. The number of carbonyl (C=O) groups excluding carboxylic acids is 1. The van der Waals surface area contributed by atoms with Crippen molar-refractivity contribution in [1.29, 1.82) is 0 Å². The first-order valence-corrected chi connectivity index (χ1v) is 7.94. The molecule has 0 N–H and O–H groups in total. The SMILES string of the molecule is CN1C(=O)c2cccnc2O[C@H]2CN(C3CCOCC3)C[C@H]21. The van der Waals surface area contributed by atoms with Gasteiger partial charge in [0.25, 0.3) is 5.91 Å². The topological polar surface area (TPSA) is 54.9 Å². The van der Waals surface area contributed by atoms with Crippen LogP contribution in [-0.4, -0.2) is 72.2 Å². The summed E-state index contributed by atoms with van der Waals surface area (Å²) in [5.41, 5.74) is 0.567. The van der Waals surface area contributed by atoms with Gasteiger partial charge in [-0.3, -0.25) is 9.69 Å². The highest BCUT2D eigenvalue weighted by molar-refractivity contribution is 5.96. The van der Waals surface area contributed by atoms with Gasteiger partial charge in [-0.25, -0.2) is 4.98 Å². The average molecular weight is 303 g/mol. The van der Waals surface area contributed by atoms with Crippen molar-refractivity contribution >= 4 is 5.91 Å². The van der Waals surface area contributed by atoms with Gasteiger partial charge in [0.1, 0.15) is 11.7 Å². The van der Waals surface area contributed by atoms with E-state index in [1.165, 1.54) is 0 Å². The molecular weight excluding hydrogens is 282 g/mol. The Morgan fingerprint density at radius 1 is 1.27 bits per heavy atom. The normalized spacial score (nSPS) is 29.7. The summed E-state index contributed by atoms with van der Waals surface area (Å²) in [5, 5.41) is 0. The van der Waals surface area contributed by atoms with Crippen LogP contribution in [0, 0.1) is 0 Å². The highest BCUT2D eigenvalue weighted by atomic mass is 16.5. The first-order valence-electron chi connectivity index (χ1n) is 7.94. The van der Waals surface area contributed by atoms with Crippen molar-refractivity contribution in [1.82, 2.24) is 14.8 Å². The summed E-state index contributed by atoms with van der Waals surface area (Å²) in [6, 6.07) is 4.20. The van der Waals surface area contributed by atoms with Gasteiger partial charge < -0.3 is 14.4 Å². The molecule has 0 unspecified atom stereocenters. The number of hydrogen-bond acceptors (Lipinski definition) is 5. The van der Waals surface area contributed by atoms with Crippen molar-refractivity contribution < 1.29 is 14.3 Å². The third-order valence-electron chi connectivity index (χ3n) is 5.05. The first kappa shape index (κ1) is 14.0. The molecular formula is C16H21N3O3. The van der Waals surface area contributed by atoms with Crippen LogP contribution in [-0.2, 0) is 4.74 Å². The lowest BCUT2D eigenvalue weighted by Gasteiger charge is -2.31. The Kier molecular flexibility index (Phi) is 3.50. The monoisotopic (exact) mass is 303 g/mol. The van der Waals surface area contributed by atoms with Gasteiger partial charge in [0.15, 0.2) is 0 Å². The average Bonchev–Trinajstić information content (AvgIpc) is 2.95. The molecule has 3 aliphatic heterocycles. The summed E-state index contributed by atoms with van der Waals surface area (Å²) in [7, 11) is 1.87. The first-order chi connectivity index (χ1) is 10.7. The molecule has 2 saturated heterocycles. The highest BCUT2D eigenvalue weighted by Gasteiger charge is 2.44. The molecule has 6 heteroatoms. The van der Waals surface area contributed by atoms with Crippen molar-refractivity contribution in [3.63, 3.8) is 0 Å². The minimum atomic E-state index is -0.00653. The number of likely N-dealkylation sites (tertiary alicyclic amines) is 1. The molecule has 0 bridgehead atoms. The number of carbonyl (C=O) groups is 1. The maximum Gasteiger partial charge on any atom is 0.259 e. The number of ether oxygens (including phenoxy) is 2. The summed E-state index contributed by atoms with van der Waals surface area (Å²) < 4.78 is 11.5. The van der Waals surface area contributed by atoms with Gasteiger partial charge >= 0.3 is 0 Å². The van der Waals surface area contributed by atoms with Gasteiger partial charge in [0.05, 0.1) is 6.04 Å². The molecule has 1 aromatic heterocycles. The third-order valence-corrected chi connectivity index (χ3v) is 5.05. The van der Waals surface area contributed by atoms with E-state index in [1.54, 1.807) is 18.3 Å². The molecule has 0 aliphatic carbocycles. The Balaban J connectivity index is 1.58. The predicted octanol–water partition coefficient (Wildman–Crippen LogP) is 0.778. The second-order valence-electron chi connectivity index (χ2n) is 6.29. The molecule has 3 aliphatic rings. The highest BCUT2D eigenvalue weighted by Crippen LogP contribution is 2.31. The lowest BCUT2D eigenvalue weighted by atomic mass is 10.1. The quantitative estimate of drug-likeness (QED) is 0.767. The molecule has 1 amide bonds. The van der Waals surface area contributed by atoms with E-state index in [0.29, 0.717) is 17.5 Å². The zero-order valence-corrected chi connectivity index (χ0v) is 12.8. The van der Waals surface area contributed by atoms with Crippen molar-refractivity contribution in [2.75, 3.05) is 33.4 Å². The standard InChI is InChI=1S/C16H21N3O3/c1-18-13-9-19(11-4-7-21-8-5-11)10-14(13)22-15-12(16(18)20)3-2-6-17-15/h2-3,6,11,13-14H,4-5,7-10H2,1H3/t13-,14+/m1/s1. The van der Waals surface area contributed by atoms with Gasteiger partial charge in [-0.15, -0.1) is 0 Å². The number of rotatable bonds is 1. The Labute approximate surface area is 130 Å². The maximum atomic E-state index is 12.6. The summed E-state index contributed by atoms with van der Waals surface area (Å²) in [4.78, 5) is 21.2. The van der Waals surface area contributed by atoms with Crippen molar-refractivity contribution in [2.45, 2.75) is 31.0 Å². The van der Waals surface area contributed by atoms with E-state index in [1.807, 2.05) is 11.9 Å². The molecule has 22 heavy (non-hydrogen) atoms. The molecule has 4 heterocycles. The van der Waals surface area contributed by atoms with Crippen LogP contribution < -0.4 is 4.74 Å². The summed E-state index contributed by atoms with van der Waals surface area (Å²) >= 11 is 0. The predicted molar refractivity (Wildman–Crippen MR) is 79.9 cm³/mol. The molecule has 2 fully saturated rings. The van der Waals surface area contributed by atoms with E-state index in [4.69, 9.17) is 9.47 Å². The van der Waals surface area contributed by atoms with Crippen molar-refractivity contribution in [2.24, 2.45) is 0 Å². The largest absolute Gasteiger partial charge is 0.470 e. The van der Waals surface area contributed by atoms with Gasteiger partial charge in [0.2, 0.25) is 5.88 Å². The van der Waals surface area contributed by atoms with Crippen molar-refractivity contribution in [3.8, 4) is 5.88 Å². The maximum absolute atomic E-state index is 12.6. The molecule has 2 atom stereocenters. The fraction of sp³-hybridized carbons (Fsp3) is 0.625. The van der Waals surface area contributed by atoms with Crippen molar-refractivity contribution in [3.05, 3.63) is 23.9 Å². The van der Waals surface area contributed by atoms with E-state index in [2.05, 4.69) is 9.88 Å². The fourth-order valence-corrected chi connectivity index (χ4v) is 3.75. The minimum absolute atomic E-state index is 0.00410. The number of fused-ring (bicyclic) bond motifs is 2. The second kappa shape index (κ2) is 5.52. The van der Waals surface area contributed by atoms with E-state index in [-0.39, 0.29) is 18.1 Å². The van der Waals surface area contributed by atoms with Crippen LogP contribution in [0.15, 0.2) is 18.3 Å². The van der Waals surface area contributed by atoms with E-state index >= 15 is 0 Å². The molecule has 0 aromatic carbocycles. The zero-order valence-electron chi connectivity index (χ0n) is 12.8. The van der Waals surface area contributed by atoms with Crippen LogP contribution in [0.2, 0.25) is 0 Å². The molecule has 0 radical (unpaired) electrons. The van der Waals surface area contributed by atoms with Gasteiger partial charge in [-0.1, -0.05) is 0 Å². The Hall–Kier alpha value is -1.66. The van der Waals surface area contributed by atoms with E-state index in [0.717, 1.165) is 39.1 Å². The van der Waals surface area contributed by atoms with Gasteiger partial charge in [-0.2, -0.15) is 0 Å². The smallest absolute Gasteiger partial charge is 0.259 e. The molecule has 1 aromatic rings. The lowest BCUT2D eigenvalue weighted by Crippen LogP contribution is -2.44. The summed E-state index contributed by atoms with van der Waals surface area (Å²) in [6.07, 6.45) is 3.79. The van der Waals surface area contributed by atoms with Gasteiger partial charge in [-0.05, 0) is 25.0 Å². The lowest BCUT2D eigenvalue weighted by molar-refractivity contribution is 0.0378. The zero-order chi connectivity index (χ0) is 15.1. The summed E-state index contributed by atoms with van der Waals surface area (Å²) in [6.45, 7) is 3.38. The number of pyridine rings is 1. The molecule has 118 valence electrons. The second-order valence-corrected chi connectivity index (χ2v) is 6.29. The molecule has 0 saturated carbocycles. The van der Waals surface area contributed by atoms with Crippen LogP contribution in [0.3, 0.4) is 0 Å². The van der Waals surface area contributed by atoms with Crippen LogP contribution >= 0.6 is 0 Å². The Morgan fingerprint density at radius 2 is 2.09 bits per heavy atom. The number of nitrogens with zero attached hydrogens (tertiary/aromatic N) is 3. The van der Waals surface area contributed by atoms with E-state index in [9.17, 15) is 4.79 Å². The summed E-state index contributed by atoms with van der Waals surface area (Å²) in [5.74, 6) is 0.477. The molecule has 6 nitrogen and oxygen atoms in total. The number of amides is 1. The number of aromatic nitrogens is 1. The molecule has 0 spiro atoms. The van der Waals surface area contributed by atoms with Crippen LogP contribution in [0.4, 0.5) is 0 Å². The Morgan fingerprint density at radius 3 is 2.91 bits per heavy atom. The van der Waals surface area contributed by atoms with Crippen LogP contribution in [0.5, 0.6) is 5.88 Å². The molecule has 4 rings (SSSR count). The van der Waals surface area contributed by atoms with Crippen LogP contribution in [0.25, 0.3) is 0 Å².